The van der Waals surface area contributed by atoms with Crippen LogP contribution in [0.15, 0.2) is 0 Å². The van der Waals surface area contributed by atoms with E-state index in [0.717, 1.165) is 12.2 Å². The van der Waals surface area contributed by atoms with E-state index in [1.54, 1.807) is 0 Å². The van der Waals surface area contributed by atoms with Gasteiger partial charge in [-0.15, -0.1) is 0 Å². The van der Waals surface area contributed by atoms with Crippen molar-refractivity contribution in [1.29, 1.82) is 0 Å². The Bertz CT molecular complexity index is 39.1. The van der Waals surface area contributed by atoms with Gasteiger partial charge in [0.15, 0.2) is 0 Å². The van der Waals surface area contributed by atoms with Gasteiger partial charge in [0.25, 0.3) is 0 Å². The molecule has 1 nitrogen and oxygen atoms in total. The van der Waals surface area contributed by atoms with Crippen LogP contribution in [0.2, 0.25) is 0 Å². The van der Waals surface area contributed by atoms with Crippen molar-refractivity contribution in [3.63, 3.8) is 0 Å². The lowest BCUT2D eigenvalue weighted by molar-refractivity contribution is 0.598. The number of rotatable bonds is 3. The molecule has 0 aromatic carbocycles. The molecule has 1 atom stereocenters. The molecule has 0 aliphatic carbocycles. The second kappa shape index (κ2) is 4.47. The van der Waals surface area contributed by atoms with E-state index in [-0.39, 0.29) is 0 Å². The number of hydrogen-bond acceptors (Lipinski definition) is 2. The monoisotopic (exact) mass is 119 g/mol. The molecule has 1 N–H and O–H groups in total. The molecule has 0 aliphatic rings. The van der Waals surface area contributed by atoms with Crippen LogP contribution in [0.4, 0.5) is 0 Å². The van der Waals surface area contributed by atoms with E-state index in [9.17, 15) is 0 Å². The molecule has 0 saturated carbocycles. The van der Waals surface area contributed by atoms with Crippen molar-refractivity contribution in [2.75, 3.05) is 12.8 Å². The van der Waals surface area contributed by atoms with Gasteiger partial charge in [0.1, 0.15) is 0 Å². The van der Waals surface area contributed by atoms with Gasteiger partial charge in [-0.3, -0.25) is 0 Å². The second-order valence-electron chi connectivity index (χ2n) is 1.70. The highest BCUT2D eigenvalue weighted by atomic mass is 32.1. The van der Waals surface area contributed by atoms with Gasteiger partial charge in [-0.2, -0.15) is 12.6 Å². The van der Waals surface area contributed by atoms with E-state index in [0.29, 0.717) is 6.04 Å². The van der Waals surface area contributed by atoms with Crippen LogP contribution in [0.5, 0.6) is 0 Å². The van der Waals surface area contributed by atoms with E-state index in [2.05, 4.69) is 24.9 Å². The number of hydrogen-bond donors (Lipinski definition) is 2. The first-order valence-electron chi connectivity index (χ1n) is 2.59. The highest BCUT2D eigenvalue weighted by molar-refractivity contribution is 7.80. The largest absolute Gasteiger partial charge is 0.317 e. The summed E-state index contributed by atoms with van der Waals surface area (Å²) < 4.78 is 0. The minimum Gasteiger partial charge on any atom is -0.317 e. The highest BCUT2D eigenvalue weighted by Gasteiger charge is 1.91. The molecule has 0 aromatic rings. The fourth-order valence-corrected chi connectivity index (χ4v) is 0.725. The first-order chi connectivity index (χ1) is 3.31. The molecular weight excluding hydrogens is 106 g/mol. The quantitative estimate of drug-likeness (QED) is 0.526. The van der Waals surface area contributed by atoms with Crippen LogP contribution in [-0.4, -0.2) is 18.8 Å². The van der Waals surface area contributed by atoms with Gasteiger partial charge < -0.3 is 5.32 Å². The Kier molecular flexibility index (Phi) is 4.67. The average molecular weight is 119 g/mol. The van der Waals surface area contributed by atoms with Crippen molar-refractivity contribution in [2.45, 2.75) is 19.4 Å². The fraction of sp³-hybridized carbons (Fsp3) is 1.00. The Labute approximate surface area is 50.9 Å². The number of nitrogens with one attached hydrogen (secondary N) is 1. The van der Waals surface area contributed by atoms with E-state index in [4.69, 9.17) is 0 Å². The summed E-state index contributed by atoms with van der Waals surface area (Å²) >= 11 is 4.07. The maximum atomic E-state index is 4.07. The Morgan fingerprint density at radius 1 is 1.71 bits per heavy atom. The molecule has 44 valence electrons. The summed E-state index contributed by atoms with van der Waals surface area (Å²) in [5.74, 6) is 0.974. The van der Waals surface area contributed by atoms with E-state index >= 15 is 0 Å². The summed E-state index contributed by atoms with van der Waals surface area (Å²) in [7, 11) is 1.97. The van der Waals surface area contributed by atoms with Gasteiger partial charge in [0.2, 0.25) is 0 Å². The fourth-order valence-electron chi connectivity index (χ4n) is 0.338. The van der Waals surface area contributed by atoms with Crippen LogP contribution in [0.25, 0.3) is 0 Å². The molecule has 0 bridgehead atoms. The van der Waals surface area contributed by atoms with Crippen molar-refractivity contribution in [3.8, 4) is 0 Å². The molecule has 0 radical (unpaired) electrons. The molecule has 0 heterocycles. The first-order valence-corrected chi connectivity index (χ1v) is 3.22. The third-order valence-corrected chi connectivity index (χ3v) is 1.31. The average Bonchev–Trinajstić information content (AvgIpc) is 1.68. The number of thiol groups is 1. The second-order valence-corrected chi connectivity index (χ2v) is 2.15. The zero-order chi connectivity index (χ0) is 5.70. The maximum absolute atomic E-state index is 4.07. The van der Waals surface area contributed by atoms with Crippen LogP contribution in [0, 0.1) is 0 Å². The third kappa shape index (κ3) is 4.16. The molecular formula is C5H13NS. The standard InChI is InChI=1S/C5H13NS/c1-5(6-2)3-4-7/h5-7H,3-4H2,1-2H3. The summed E-state index contributed by atoms with van der Waals surface area (Å²) in [6, 6.07) is 0.623. The van der Waals surface area contributed by atoms with Crippen molar-refractivity contribution >= 4 is 12.6 Å². The zero-order valence-corrected chi connectivity index (χ0v) is 5.83. The Morgan fingerprint density at radius 2 is 2.29 bits per heavy atom. The molecule has 0 fully saturated rings. The minimum atomic E-state index is 0.623. The van der Waals surface area contributed by atoms with Crippen molar-refractivity contribution < 1.29 is 0 Å². The zero-order valence-electron chi connectivity index (χ0n) is 4.94. The maximum Gasteiger partial charge on any atom is 0.00434 e. The molecule has 1 unspecified atom stereocenters. The molecule has 0 spiro atoms. The van der Waals surface area contributed by atoms with Crippen LogP contribution in [-0.2, 0) is 0 Å². The summed E-state index contributed by atoms with van der Waals surface area (Å²) in [6.07, 6.45) is 1.15. The SMILES string of the molecule is CNC(C)CCS. The minimum absolute atomic E-state index is 0.623. The topological polar surface area (TPSA) is 12.0 Å². The van der Waals surface area contributed by atoms with Crippen LogP contribution in [0.3, 0.4) is 0 Å². The molecule has 0 amide bonds. The van der Waals surface area contributed by atoms with Crippen LogP contribution >= 0.6 is 12.6 Å². The molecule has 0 saturated heterocycles. The van der Waals surface area contributed by atoms with Gasteiger partial charge in [-0.1, -0.05) is 0 Å². The van der Waals surface area contributed by atoms with Gasteiger partial charge >= 0.3 is 0 Å². The molecule has 0 rings (SSSR count). The molecule has 2 heteroatoms. The van der Waals surface area contributed by atoms with Gasteiger partial charge in [-0.05, 0) is 26.1 Å². The van der Waals surface area contributed by atoms with Crippen molar-refractivity contribution in [1.82, 2.24) is 5.32 Å². The van der Waals surface area contributed by atoms with Gasteiger partial charge in [-0.25, -0.2) is 0 Å². The highest BCUT2D eigenvalue weighted by Crippen LogP contribution is 1.89. The van der Waals surface area contributed by atoms with Crippen LogP contribution < -0.4 is 5.32 Å². The van der Waals surface area contributed by atoms with Crippen LogP contribution in [0.1, 0.15) is 13.3 Å². The van der Waals surface area contributed by atoms with Crippen molar-refractivity contribution in [2.24, 2.45) is 0 Å². The summed E-state index contributed by atoms with van der Waals surface area (Å²) in [4.78, 5) is 0. The summed E-state index contributed by atoms with van der Waals surface area (Å²) in [5.41, 5.74) is 0. The van der Waals surface area contributed by atoms with Gasteiger partial charge in [0, 0.05) is 6.04 Å². The smallest absolute Gasteiger partial charge is 0.00434 e. The third-order valence-electron chi connectivity index (χ3n) is 1.05. The van der Waals surface area contributed by atoms with E-state index in [1.165, 1.54) is 0 Å². The lowest BCUT2D eigenvalue weighted by Crippen LogP contribution is -2.21. The lowest BCUT2D eigenvalue weighted by atomic mass is 10.3. The predicted molar refractivity (Wildman–Crippen MR) is 37.0 cm³/mol. The normalized spacial score (nSPS) is 14.1. The summed E-state index contributed by atoms with van der Waals surface area (Å²) in [6.45, 7) is 2.15. The lowest BCUT2D eigenvalue weighted by Gasteiger charge is -2.04. The first kappa shape index (κ1) is 7.31. The molecule has 0 aromatic heterocycles. The van der Waals surface area contributed by atoms with E-state index in [1.807, 2.05) is 7.05 Å². The van der Waals surface area contributed by atoms with Gasteiger partial charge in [0.05, 0.1) is 0 Å². The Balaban J connectivity index is 2.83. The summed E-state index contributed by atoms with van der Waals surface area (Å²) in [5, 5.41) is 3.12. The molecule has 0 aliphatic heterocycles. The Hall–Kier alpha value is 0.310. The van der Waals surface area contributed by atoms with Crippen molar-refractivity contribution in [3.05, 3.63) is 0 Å². The predicted octanol–water partition coefficient (Wildman–Crippen LogP) is 0.914. The van der Waals surface area contributed by atoms with E-state index < -0.39 is 0 Å². The Morgan fingerprint density at radius 3 is 2.43 bits per heavy atom. The molecule has 7 heavy (non-hydrogen) atoms.